The van der Waals surface area contributed by atoms with E-state index in [0.29, 0.717) is 19.0 Å². The van der Waals surface area contributed by atoms with Gasteiger partial charge in [-0.05, 0) is 42.0 Å². The second-order valence-corrected chi connectivity index (χ2v) is 7.59. The average molecular weight is 352 g/mol. The molecular formula is C22H28N2O2. The van der Waals surface area contributed by atoms with Crippen LogP contribution in [0.5, 0.6) is 0 Å². The third-order valence-corrected chi connectivity index (χ3v) is 5.12. The number of nitrogens with one attached hydrogen (secondary N) is 1. The first-order valence-electron chi connectivity index (χ1n) is 9.61. The fourth-order valence-electron chi connectivity index (χ4n) is 3.59. The number of rotatable bonds is 5. The standard InChI is InChI=1S/C22H28N2O2/c1-16(2)12-13-23-21(25)18-9-6-14-24(15-18)22(26)20-11-5-8-17-7-3-4-10-19(17)20/h3-5,7-8,10-11,16,18H,6,9,12-15H2,1-2H3,(H,23,25). The van der Waals surface area contributed by atoms with Crippen LogP contribution < -0.4 is 5.32 Å². The number of fused-ring (bicyclic) bond motifs is 1. The van der Waals surface area contributed by atoms with E-state index in [1.807, 2.05) is 47.4 Å². The number of hydrogen-bond acceptors (Lipinski definition) is 2. The molecule has 1 aliphatic heterocycles. The van der Waals surface area contributed by atoms with Crippen molar-refractivity contribution >= 4 is 22.6 Å². The highest BCUT2D eigenvalue weighted by Gasteiger charge is 2.29. The van der Waals surface area contributed by atoms with Gasteiger partial charge in [0.2, 0.25) is 5.91 Å². The Labute approximate surface area is 155 Å². The summed E-state index contributed by atoms with van der Waals surface area (Å²) < 4.78 is 0. The van der Waals surface area contributed by atoms with Crippen LogP contribution in [0.25, 0.3) is 10.8 Å². The Balaban J connectivity index is 1.69. The summed E-state index contributed by atoms with van der Waals surface area (Å²) in [5.74, 6) is 0.587. The predicted molar refractivity (Wildman–Crippen MR) is 105 cm³/mol. The molecule has 138 valence electrons. The van der Waals surface area contributed by atoms with Gasteiger partial charge in [0.15, 0.2) is 0 Å². The number of carbonyl (C=O) groups excluding carboxylic acids is 2. The molecule has 0 aliphatic carbocycles. The minimum atomic E-state index is -0.102. The Morgan fingerprint density at radius 1 is 1.15 bits per heavy atom. The molecule has 26 heavy (non-hydrogen) atoms. The maximum atomic E-state index is 13.1. The fraction of sp³-hybridized carbons (Fsp3) is 0.455. The average Bonchev–Trinajstić information content (AvgIpc) is 2.66. The van der Waals surface area contributed by atoms with Crippen LogP contribution in [0.2, 0.25) is 0 Å². The summed E-state index contributed by atoms with van der Waals surface area (Å²) in [5.41, 5.74) is 0.726. The highest BCUT2D eigenvalue weighted by molar-refractivity contribution is 6.07. The summed E-state index contributed by atoms with van der Waals surface area (Å²) in [7, 11) is 0. The molecule has 3 rings (SSSR count). The molecule has 1 N–H and O–H groups in total. The van der Waals surface area contributed by atoms with E-state index in [0.717, 1.165) is 42.1 Å². The molecule has 0 spiro atoms. The van der Waals surface area contributed by atoms with Crippen LogP contribution in [0.4, 0.5) is 0 Å². The quantitative estimate of drug-likeness (QED) is 0.888. The first-order chi connectivity index (χ1) is 12.6. The Morgan fingerprint density at radius 2 is 1.92 bits per heavy atom. The van der Waals surface area contributed by atoms with Gasteiger partial charge in [-0.3, -0.25) is 9.59 Å². The number of likely N-dealkylation sites (tertiary alicyclic amines) is 1. The molecule has 1 heterocycles. The molecule has 4 heteroatoms. The third kappa shape index (κ3) is 4.24. The maximum absolute atomic E-state index is 13.1. The van der Waals surface area contributed by atoms with Gasteiger partial charge in [0, 0.05) is 25.2 Å². The second kappa shape index (κ2) is 8.35. The zero-order chi connectivity index (χ0) is 18.5. The lowest BCUT2D eigenvalue weighted by molar-refractivity contribution is -0.126. The van der Waals surface area contributed by atoms with Crippen LogP contribution in [0.15, 0.2) is 42.5 Å². The first kappa shape index (κ1) is 18.4. The zero-order valence-corrected chi connectivity index (χ0v) is 15.7. The van der Waals surface area contributed by atoms with Gasteiger partial charge in [-0.15, -0.1) is 0 Å². The molecule has 1 saturated heterocycles. The van der Waals surface area contributed by atoms with E-state index < -0.39 is 0 Å². The molecule has 0 saturated carbocycles. The van der Waals surface area contributed by atoms with Crippen molar-refractivity contribution in [3.05, 3.63) is 48.0 Å². The summed E-state index contributed by atoms with van der Waals surface area (Å²) in [6.45, 7) is 6.24. The van der Waals surface area contributed by atoms with Crippen molar-refractivity contribution in [1.82, 2.24) is 10.2 Å². The zero-order valence-electron chi connectivity index (χ0n) is 15.7. The number of carbonyl (C=O) groups is 2. The van der Waals surface area contributed by atoms with E-state index in [-0.39, 0.29) is 17.7 Å². The Kier molecular flexibility index (Phi) is 5.92. The Hall–Kier alpha value is -2.36. The van der Waals surface area contributed by atoms with Crippen LogP contribution >= 0.6 is 0 Å². The molecule has 1 fully saturated rings. The third-order valence-electron chi connectivity index (χ3n) is 5.12. The fourth-order valence-corrected chi connectivity index (χ4v) is 3.59. The lowest BCUT2D eigenvalue weighted by Gasteiger charge is -2.32. The van der Waals surface area contributed by atoms with Crippen LogP contribution in [0.1, 0.15) is 43.5 Å². The Morgan fingerprint density at radius 3 is 2.73 bits per heavy atom. The highest BCUT2D eigenvalue weighted by atomic mass is 16.2. The molecule has 0 aromatic heterocycles. The van der Waals surface area contributed by atoms with Crippen LogP contribution in [0, 0.1) is 11.8 Å². The number of hydrogen-bond donors (Lipinski definition) is 1. The van der Waals surface area contributed by atoms with Gasteiger partial charge in [0.05, 0.1) is 5.92 Å². The maximum Gasteiger partial charge on any atom is 0.254 e. The van der Waals surface area contributed by atoms with Gasteiger partial charge in [0.25, 0.3) is 5.91 Å². The number of nitrogens with zero attached hydrogens (tertiary/aromatic N) is 1. The minimum absolute atomic E-state index is 0.0291. The summed E-state index contributed by atoms with van der Waals surface area (Å²) in [6.07, 6.45) is 2.71. The topological polar surface area (TPSA) is 49.4 Å². The monoisotopic (exact) mass is 352 g/mol. The van der Waals surface area contributed by atoms with Crippen LogP contribution in [-0.4, -0.2) is 36.3 Å². The number of amides is 2. The minimum Gasteiger partial charge on any atom is -0.356 e. The van der Waals surface area contributed by atoms with E-state index in [1.54, 1.807) is 0 Å². The smallest absolute Gasteiger partial charge is 0.254 e. The first-order valence-corrected chi connectivity index (χ1v) is 9.61. The Bertz CT molecular complexity index is 779. The SMILES string of the molecule is CC(C)CCNC(=O)C1CCCN(C(=O)c2cccc3ccccc23)C1. The molecule has 0 bridgehead atoms. The van der Waals surface area contributed by atoms with Gasteiger partial charge in [-0.25, -0.2) is 0 Å². The molecule has 0 radical (unpaired) electrons. The molecular weight excluding hydrogens is 324 g/mol. The van der Waals surface area contributed by atoms with E-state index in [1.165, 1.54) is 0 Å². The van der Waals surface area contributed by atoms with Crippen molar-refractivity contribution in [3.63, 3.8) is 0 Å². The lowest BCUT2D eigenvalue weighted by Crippen LogP contribution is -2.45. The van der Waals surface area contributed by atoms with E-state index in [4.69, 9.17) is 0 Å². The molecule has 2 aromatic carbocycles. The van der Waals surface area contributed by atoms with E-state index >= 15 is 0 Å². The summed E-state index contributed by atoms with van der Waals surface area (Å²) in [4.78, 5) is 27.4. The van der Waals surface area contributed by atoms with Crippen LogP contribution in [-0.2, 0) is 4.79 Å². The predicted octanol–water partition coefficient (Wildman–Crippen LogP) is 3.85. The van der Waals surface area contributed by atoms with Crippen molar-refractivity contribution in [3.8, 4) is 0 Å². The van der Waals surface area contributed by atoms with Crippen molar-refractivity contribution in [2.75, 3.05) is 19.6 Å². The number of benzene rings is 2. The number of piperidine rings is 1. The van der Waals surface area contributed by atoms with Gasteiger partial charge < -0.3 is 10.2 Å². The summed E-state index contributed by atoms with van der Waals surface area (Å²) in [5, 5.41) is 5.08. The van der Waals surface area contributed by atoms with Gasteiger partial charge in [0.1, 0.15) is 0 Å². The van der Waals surface area contributed by atoms with Crippen molar-refractivity contribution in [2.24, 2.45) is 11.8 Å². The van der Waals surface area contributed by atoms with Gasteiger partial charge in [-0.2, -0.15) is 0 Å². The summed E-state index contributed by atoms with van der Waals surface area (Å²) in [6, 6.07) is 13.8. The lowest BCUT2D eigenvalue weighted by atomic mass is 9.95. The molecule has 2 amide bonds. The largest absolute Gasteiger partial charge is 0.356 e. The highest BCUT2D eigenvalue weighted by Crippen LogP contribution is 2.23. The van der Waals surface area contributed by atoms with Crippen LogP contribution in [0.3, 0.4) is 0 Å². The van der Waals surface area contributed by atoms with Crippen molar-refractivity contribution in [1.29, 1.82) is 0 Å². The van der Waals surface area contributed by atoms with Gasteiger partial charge >= 0.3 is 0 Å². The molecule has 4 nitrogen and oxygen atoms in total. The molecule has 1 atom stereocenters. The molecule has 1 unspecified atom stereocenters. The van der Waals surface area contributed by atoms with Crippen molar-refractivity contribution < 1.29 is 9.59 Å². The molecule has 1 aliphatic rings. The van der Waals surface area contributed by atoms with E-state index in [9.17, 15) is 9.59 Å². The second-order valence-electron chi connectivity index (χ2n) is 7.59. The summed E-state index contributed by atoms with van der Waals surface area (Å²) >= 11 is 0. The molecule has 2 aromatic rings. The van der Waals surface area contributed by atoms with E-state index in [2.05, 4.69) is 19.2 Å². The van der Waals surface area contributed by atoms with Crippen molar-refractivity contribution in [2.45, 2.75) is 33.1 Å². The van der Waals surface area contributed by atoms with Gasteiger partial charge in [-0.1, -0.05) is 50.2 Å². The normalized spacial score (nSPS) is 17.5.